The summed E-state index contributed by atoms with van der Waals surface area (Å²) in [7, 11) is 1.63. The molecule has 0 saturated carbocycles. The van der Waals surface area contributed by atoms with E-state index in [1.54, 1.807) is 12.0 Å². The number of likely N-dealkylation sites (tertiary alicyclic amines) is 1. The smallest absolute Gasteiger partial charge is 0.225 e. The zero-order valence-corrected chi connectivity index (χ0v) is 17.6. The molecule has 0 aromatic heterocycles. The van der Waals surface area contributed by atoms with Crippen LogP contribution in [-0.2, 0) is 22.6 Å². The number of anilines is 1. The molecular weight excluding hydrogens is 378 g/mol. The number of methoxy groups -OCH3 is 1. The van der Waals surface area contributed by atoms with Gasteiger partial charge in [0.1, 0.15) is 5.75 Å². The fourth-order valence-electron chi connectivity index (χ4n) is 4.47. The molecule has 2 aromatic rings. The summed E-state index contributed by atoms with van der Waals surface area (Å²) in [4.78, 5) is 29.2. The van der Waals surface area contributed by atoms with Gasteiger partial charge in [0.15, 0.2) is 0 Å². The van der Waals surface area contributed by atoms with Crippen molar-refractivity contribution < 1.29 is 14.3 Å². The van der Waals surface area contributed by atoms with E-state index in [2.05, 4.69) is 41.4 Å². The van der Waals surface area contributed by atoms with Gasteiger partial charge < -0.3 is 19.9 Å². The largest absolute Gasteiger partial charge is 0.497 e. The molecule has 2 aliphatic rings. The standard InChI is InChI=1S/C24H29N3O3/c1-17-13-19-5-3-4-6-22(19)27(17)12-11-25-24(29)20-14-23(28)26(16-20)15-18-7-9-21(30-2)10-8-18/h3-10,17,20H,11-16H2,1-2H3,(H,25,29). The van der Waals surface area contributed by atoms with Crippen LogP contribution in [0.2, 0.25) is 0 Å². The quantitative estimate of drug-likeness (QED) is 0.767. The minimum atomic E-state index is -0.279. The van der Waals surface area contributed by atoms with Gasteiger partial charge in [-0.2, -0.15) is 0 Å². The van der Waals surface area contributed by atoms with Crippen LogP contribution < -0.4 is 15.0 Å². The summed E-state index contributed by atoms with van der Waals surface area (Å²) < 4.78 is 5.17. The van der Waals surface area contributed by atoms with Crippen LogP contribution in [0.25, 0.3) is 0 Å². The van der Waals surface area contributed by atoms with E-state index in [1.165, 1.54) is 11.3 Å². The van der Waals surface area contributed by atoms with Crippen LogP contribution in [0.1, 0.15) is 24.5 Å². The van der Waals surface area contributed by atoms with E-state index in [0.29, 0.717) is 25.7 Å². The van der Waals surface area contributed by atoms with Gasteiger partial charge in [0, 0.05) is 44.3 Å². The van der Waals surface area contributed by atoms with E-state index < -0.39 is 0 Å². The molecule has 2 aliphatic heterocycles. The monoisotopic (exact) mass is 407 g/mol. The number of nitrogens with zero attached hydrogens (tertiary/aromatic N) is 2. The molecule has 6 heteroatoms. The second-order valence-electron chi connectivity index (χ2n) is 8.19. The van der Waals surface area contributed by atoms with Crippen molar-refractivity contribution >= 4 is 17.5 Å². The second kappa shape index (κ2) is 8.78. The maximum absolute atomic E-state index is 12.6. The number of para-hydroxylation sites is 1. The molecule has 0 spiro atoms. The Balaban J connectivity index is 1.27. The van der Waals surface area contributed by atoms with Gasteiger partial charge in [0.05, 0.1) is 13.0 Å². The zero-order valence-electron chi connectivity index (χ0n) is 17.6. The molecular formula is C24H29N3O3. The third-order valence-corrected chi connectivity index (χ3v) is 6.12. The molecule has 2 amide bonds. The number of carbonyl (C=O) groups excluding carboxylic acids is 2. The molecule has 0 bridgehead atoms. The molecule has 2 heterocycles. The van der Waals surface area contributed by atoms with E-state index in [1.807, 2.05) is 24.3 Å². The first-order chi connectivity index (χ1) is 14.5. The summed E-state index contributed by atoms with van der Waals surface area (Å²) in [5.74, 6) is 0.520. The maximum Gasteiger partial charge on any atom is 0.225 e. The van der Waals surface area contributed by atoms with Gasteiger partial charge in [0.2, 0.25) is 11.8 Å². The highest BCUT2D eigenvalue weighted by Crippen LogP contribution is 2.31. The minimum absolute atomic E-state index is 0.0271. The topological polar surface area (TPSA) is 61.9 Å². The molecule has 0 radical (unpaired) electrons. The first kappa shape index (κ1) is 20.3. The van der Waals surface area contributed by atoms with Gasteiger partial charge in [-0.3, -0.25) is 9.59 Å². The third-order valence-electron chi connectivity index (χ3n) is 6.12. The summed E-state index contributed by atoms with van der Waals surface area (Å²) in [5.41, 5.74) is 3.67. The predicted octanol–water partition coefficient (Wildman–Crippen LogP) is 2.61. The van der Waals surface area contributed by atoms with E-state index >= 15 is 0 Å². The highest BCUT2D eigenvalue weighted by molar-refractivity contribution is 5.89. The molecule has 2 aromatic carbocycles. The third kappa shape index (κ3) is 4.27. The van der Waals surface area contributed by atoms with Crippen LogP contribution in [0.5, 0.6) is 5.75 Å². The molecule has 158 valence electrons. The van der Waals surface area contributed by atoms with Crippen molar-refractivity contribution in [3.8, 4) is 5.75 Å². The van der Waals surface area contributed by atoms with Gasteiger partial charge in [-0.1, -0.05) is 30.3 Å². The summed E-state index contributed by atoms with van der Waals surface area (Å²) in [6.07, 6.45) is 1.33. The highest BCUT2D eigenvalue weighted by atomic mass is 16.5. The molecule has 4 rings (SSSR count). The van der Waals surface area contributed by atoms with Crippen LogP contribution in [-0.4, -0.2) is 49.5 Å². The number of fused-ring (bicyclic) bond motifs is 1. The minimum Gasteiger partial charge on any atom is -0.497 e. The van der Waals surface area contributed by atoms with Gasteiger partial charge in [-0.15, -0.1) is 0 Å². The Labute approximate surface area is 177 Å². The van der Waals surface area contributed by atoms with Crippen LogP contribution in [0, 0.1) is 5.92 Å². The first-order valence-electron chi connectivity index (χ1n) is 10.6. The summed E-state index contributed by atoms with van der Waals surface area (Å²) >= 11 is 0. The van der Waals surface area contributed by atoms with Crippen LogP contribution in [0.15, 0.2) is 48.5 Å². The second-order valence-corrected chi connectivity index (χ2v) is 8.19. The predicted molar refractivity (Wildman–Crippen MR) is 116 cm³/mol. The van der Waals surface area contributed by atoms with E-state index in [0.717, 1.165) is 24.3 Å². The lowest BCUT2D eigenvalue weighted by Gasteiger charge is -2.25. The van der Waals surface area contributed by atoms with Gasteiger partial charge in [-0.05, 0) is 42.7 Å². The van der Waals surface area contributed by atoms with Crippen LogP contribution in [0.3, 0.4) is 0 Å². The fraction of sp³-hybridized carbons (Fsp3) is 0.417. The number of benzene rings is 2. The molecule has 30 heavy (non-hydrogen) atoms. The lowest BCUT2D eigenvalue weighted by Crippen LogP contribution is -2.40. The normalized spacial score (nSPS) is 20.4. The van der Waals surface area contributed by atoms with Crippen LogP contribution >= 0.6 is 0 Å². The highest BCUT2D eigenvalue weighted by Gasteiger charge is 2.34. The Bertz CT molecular complexity index is 912. The average Bonchev–Trinajstić information content (AvgIpc) is 3.28. The Kier molecular flexibility index (Phi) is 5.93. The van der Waals surface area contributed by atoms with E-state index in [-0.39, 0.29) is 24.2 Å². The summed E-state index contributed by atoms with van der Waals surface area (Å²) in [6.45, 7) is 4.57. The summed E-state index contributed by atoms with van der Waals surface area (Å²) in [5, 5.41) is 3.05. The number of hydrogen-bond acceptors (Lipinski definition) is 4. The van der Waals surface area contributed by atoms with Crippen molar-refractivity contribution in [1.29, 1.82) is 0 Å². The molecule has 1 fully saturated rings. The number of nitrogens with one attached hydrogen (secondary N) is 1. The number of carbonyl (C=O) groups is 2. The molecule has 1 N–H and O–H groups in total. The van der Waals surface area contributed by atoms with Crippen molar-refractivity contribution in [3.63, 3.8) is 0 Å². The lowest BCUT2D eigenvalue weighted by atomic mass is 10.1. The van der Waals surface area contributed by atoms with Gasteiger partial charge in [0.25, 0.3) is 0 Å². The van der Waals surface area contributed by atoms with Crippen LogP contribution in [0.4, 0.5) is 5.69 Å². The Morgan fingerprint density at radius 1 is 1.13 bits per heavy atom. The van der Waals surface area contributed by atoms with Crippen molar-refractivity contribution in [2.24, 2.45) is 5.92 Å². The average molecular weight is 408 g/mol. The van der Waals surface area contributed by atoms with Gasteiger partial charge >= 0.3 is 0 Å². The number of amides is 2. The fourth-order valence-corrected chi connectivity index (χ4v) is 4.47. The van der Waals surface area contributed by atoms with E-state index in [9.17, 15) is 9.59 Å². The summed E-state index contributed by atoms with van der Waals surface area (Å²) in [6, 6.07) is 16.6. The molecule has 1 saturated heterocycles. The van der Waals surface area contributed by atoms with Gasteiger partial charge in [-0.25, -0.2) is 0 Å². The zero-order chi connectivity index (χ0) is 21.1. The molecule has 0 aliphatic carbocycles. The first-order valence-corrected chi connectivity index (χ1v) is 10.6. The lowest BCUT2D eigenvalue weighted by molar-refractivity contribution is -0.129. The van der Waals surface area contributed by atoms with Crippen molar-refractivity contribution in [2.75, 3.05) is 31.6 Å². The SMILES string of the molecule is COc1ccc(CN2CC(C(=O)NCCN3c4ccccc4CC3C)CC2=O)cc1. The Morgan fingerprint density at radius 3 is 2.67 bits per heavy atom. The number of ether oxygens (including phenoxy) is 1. The Hall–Kier alpha value is -3.02. The number of hydrogen-bond donors (Lipinski definition) is 1. The van der Waals surface area contributed by atoms with Crippen molar-refractivity contribution in [3.05, 3.63) is 59.7 Å². The number of rotatable bonds is 7. The van der Waals surface area contributed by atoms with Crippen molar-refractivity contribution in [1.82, 2.24) is 10.2 Å². The molecule has 6 nitrogen and oxygen atoms in total. The molecule has 2 atom stereocenters. The van der Waals surface area contributed by atoms with Crippen molar-refractivity contribution in [2.45, 2.75) is 32.4 Å². The Morgan fingerprint density at radius 2 is 1.90 bits per heavy atom. The maximum atomic E-state index is 12.6. The molecule has 2 unspecified atom stereocenters. The van der Waals surface area contributed by atoms with E-state index in [4.69, 9.17) is 4.74 Å².